The summed E-state index contributed by atoms with van der Waals surface area (Å²) in [7, 11) is 1.98. The lowest BCUT2D eigenvalue weighted by atomic mass is 9.87. The summed E-state index contributed by atoms with van der Waals surface area (Å²) in [4.78, 5) is 17.4. The minimum absolute atomic E-state index is 0.135. The number of aryl methyl sites for hydroxylation is 1. The highest BCUT2D eigenvalue weighted by atomic mass is 16.4. The van der Waals surface area contributed by atoms with Gasteiger partial charge in [0.05, 0.1) is 11.3 Å². The van der Waals surface area contributed by atoms with E-state index in [9.17, 15) is 4.79 Å². The van der Waals surface area contributed by atoms with E-state index in [2.05, 4.69) is 37.6 Å². The van der Waals surface area contributed by atoms with Crippen LogP contribution in [0.2, 0.25) is 0 Å². The van der Waals surface area contributed by atoms with E-state index in [-0.39, 0.29) is 11.0 Å². The molecular weight excluding hydrogens is 228 g/mol. The summed E-state index contributed by atoms with van der Waals surface area (Å²) in [6.45, 7) is 10.4. The number of hydrogen-bond donors (Lipinski definition) is 1. The largest absolute Gasteiger partial charge is 0.478 e. The first-order valence-corrected chi connectivity index (χ1v) is 6.08. The third-order valence-electron chi connectivity index (χ3n) is 3.50. The van der Waals surface area contributed by atoms with Gasteiger partial charge in [-0.15, -0.1) is 0 Å². The van der Waals surface area contributed by atoms with Crippen LogP contribution in [0.25, 0.3) is 0 Å². The standard InChI is InChI=1S/C14H22N2O2/c1-9-11(13(17)18)7-8-12(15-9)16(6)10(2)14(3,4)5/h7-8,10H,1-6H3,(H,17,18). The fourth-order valence-corrected chi connectivity index (χ4v) is 1.75. The van der Waals surface area contributed by atoms with Crippen molar-refractivity contribution in [2.75, 3.05) is 11.9 Å². The molecule has 0 aliphatic carbocycles. The molecular formula is C14H22N2O2. The molecule has 1 atom stereocenters. The Morgan fingerprint density at radius 2 is 1.94 bits per heavy atom. The number of nitrogens with zero attached hydrogens (tertiary/aromatic N) is 2. The first kappa shape index (κ1) is 14.5. The van der Waals surface area contributed by atoms with Crippen LogP contribution < -0.4 is 4.90 Å². The number of carboxylic acid groups (broad SMARTS) is 1. The van der Waals surface area contributed by atoms with Gasteiger partial charge in [0.25, 0.3) is 0 Å². The van der Waals surface area contributed by atoms with E-state index >= 15 is 0 Å². The molecule has 0 spiro atoms. The Morgan fingerprint density at radius 3 is 2.33 bits per heavy atom. The van der Waals surface area contributed by atoms with Crippen molar-refractivity contribution in [2.45, 2.75) is 40.7 Å². The van der Waals surface area contributed by atoms with Crippen LogP contribution in [0.5, 0.6) is 0 Å². The molecule has 1 unspecified atom stereocenters. The Morgan fingerprint density at radius 1 is 1.39 bits per heavy atom. The molecule has 1 rings (SSSR count). The summed E-state index contributed by atoms with van der Waals surface area (Å²) < 4.78 is 0. The number of anilines is 1. The van der Waals surface area contributed by atoms with Crippen LogP contribution in [-0.2, 0) is 0 Å². The molecule has 0 aromatic carbocycles. The highest BCUT2D eigenvalue weighted by Gasteiger charge is 2.25. The zero-order valence-electron chi connectivity index (χ0n) is 12.0. The van der Waals surface area contributed by atoms with Gasteiger partial charge in [0, 0.05) is 13.1 Å². The van der Waals surface area contributed by atoms with Crippen LogP contribution in [0, 0.1) is 12.3 Å². The van der Waals surface area contributed by atoms with Crippen molar-refractivity contribution in [1.29, 1.82) is 0 Å². The summed E-state index contributed by atoms with van der Waals surface area (Å²) in [6.07, 6.45) is 0. The SMILES string of the molecule is Cc1nc(N(C)C(C)C(C)(C)C)ccc1C(=O)O. The van der Waals surface area contributed by atoms with Gasteiger partial charge in [-0.3, -0.25) is 0 Å². The molecule has 0 bridgehead atoms. The van der Waals surface area contributed by atoms with E-state index in [1.165, 1.54) is 0 Å². The molecule has 0 aliphatic heterocycles. The van der Waals surface area contributed by atoms with Gasteiger partial charge in [-0.2, -0.15) is 0 Å². The first-order chi connectivity index (χ1) is 8.14. The molecule has 0 radical (unpaired) electrons. The van der Waals surface area contributed by atoms with E-state index in [0.29, 0.717) is 11.7 Å². The Labute approximate surface area is 109 Å². The summed E-state index contributed by atoms with van der Waals surface area (Å²) in [6, 6.07) is 3.69. The van der Waals surface area contributed by atoms with Crippen LogP contribution in [0.3, 0.4) is 0 Å². The van der Waals surface area contributed by atoms with Crippen molar-refractivity contribution < 1.29 is 9.90 Å². The predicted octanol–water partition coefficient (Wildman–Crippen LogP) is 2.96. The summed E-state index contributed by atoms with van der Waals surface area (Å²) in [5.74, 6) is -0.127. The molecule has 0 fully saturated rings. The van der Waals surface area contributed by atoms with Gasteiger partial charge in [-0.1, -0.05) is 20.8 Å². The van der Waals surface area contributed by atoms with Gasteiger partial charge >= 0.3 is 5.97 Å². The van der Waals surface area contributed by atoms with Gasteiger partial charge in [-0.05, 0) is 31.4 Å². The summed E-state index contributed by atoms with van der Waals surface area (Å²) >= 11 is 0. The van der Waals surface area contributed by atoms with Gasteiger partial charge in [0.1, 0.15) is 5.82 Å². The van der Waals surface area contributed by atoms with Crippen molar-refractivity contribution in [3.8, 4) is 0 Å². The lowest BCUT2D eigenvalue weighted by Crippen LogP contribution is -2.39. The topological polar surface area (TPSA) is 53.4 Å². The number of aromatic nitrogens is 1. The number of carboxylic acids is 1. The average Bonchev–Trinajstić information content (AvgIpc) is 2.25. The van der Waals surface area contributed by atoms with Crippen LogP contribution >= 0.6 is 0 Å². The second-order valence-electron chi connectivity index (χ2n) is 5.76. The van der Waals surface area contributed by atoms with Crippen molar-refractivity contribution in [3.05, 3.63) is 23.4 Å². The zero-order valence-corrected chi connectivity index (χ0v) is 12.0. The van der Waals surface area contributed by atoms with E-state index in [0.717, 1.165) is 5.82 Å². The van der Waals surface area contributed by atoms with E-state index in [4.69, 9.17) is 5.11 Å². The number of pyridine rings is 1. The molecule has 1 N–H and O–H groups in total. The normalized spacial score (nSPS) is 13.2. The molecule has 1 aromatic rings. The third-order valence-corrected chi connectivity index (χ3v) is 3.50. The fourth-order valence-electron chi connectivity index (χ4n) is 1.75. The van der Waals surface area contributed by atoms with Crippen LogP contribution in [0.4, 0.5) is 5.82 Å². The van der Waals surface area contributed by atoms with Gasteiger partial charge in [0.2, 0.25) is 0 Å². The molecule has 0 aliphatic rings. The number of hydrogen-bond acceptors (Lipinski definition) is 3. The lowest BCUT2D eigenvalue weighted by molar-refractivity contribution is 0.0695. The summed E-state index contributed by atoms with van der Waals surface area (Å²) in [5, 5.41) is 8.98. The predicted molar refractivity (Wildman–Crippen MR) is 73.3 cm³/mol. The molecule has 4 nitrogen and oxygen atoms in total. The quantitative estimate of drug-likeness (QED) is 0.896. The van der Waals surface area contributed by atoms with Crippen LogP contribution in [-0.4, -0.2) is 29.1 Å². The maximum Gasteiger partial charge on any atom is 0.337 e. The zero-order chi connectivity index (χ0) is 14.1. The molecule has 1 heterocycles. The molecule has 0 saturated heterocycles. The minimum Gasteiger partial charge on any atom is -0.478 e. The fraction of sp³-hybridized carbons (Fsp3) is 0.571. The number of rotatable bonds is 3. The Bertz CT molecular complexity index is 450. The highest BCUT2D eigenvalue weighted by Crippen LogP contribution is 2.26. The molecule has 1 aromatic heterocycles. The molecule has 100 valence electrons. The smallest absolute Gasteiger partial charge is 0.337 e. The van der Waals surface area contributed by atoms with Gasteiger partial charge < -0.3 is 10.0 Å². The molecule has 0 amide bonds. The minimum atomic E-state index is -0.932. The first-order valence-electron chi connectivity index (χ1n) is 6.08. The van der Waals surface area contributed by atoms with E-state index in [1.807, 2.05) is 7.05 Å². The van der Waals surface area contributed by atoms with E-state index < -0.39 is 5.97 Å². The molecule has 18 heavy (non-hydrogen) atoms. The van der Waals surface area contributed by atoms with E-state index in [1.54, 1.807) is 19.1 Å². The highest BCUT2D eigenvalue weighted by molar-refractivity contribution is 5.89. The second kappa shape index (κ2) is 4.96. The van der Waals surface area contributed by atoms with Crippen molar-refractivity contribution in [3.63, 3.8) is 0 Å². The van der Waals surface area contributed by atoms with Crippen molar-refractivity contribution in [1.82, 2.24) is 4.98 Å². The third kappa shape index (κ3) is 3.00. The van der Waals surface area contributed by atoms with Crippen LogP contribution in [0.15, 0.2) is 12.1 Å². The monoisotopic (exact) mass is 250 g/mol. The molecule has 4 heteroatoms. The lowest BCUT2D eigenvalue weighted by Gasteiger charge is -2.36. The van der Waals surface area contributed by atoms with Gasteiger partial charge in [-0.25, -0.2) is 9.78 Å². The average molecular weight is 250 g/mol. The maximum absolute atomic E-state index is 10.9. The Kier molecular flexibility index (Phi) is 3.99. The Balaban J connectivity index is 3.05. The summed E-state index contributed by atoms with van der Waals surface area (Å²) in [5.41, 5.74) is 0.944. The van der Waals surface area contributed by atoms with Crippen LogP contribution in [0.1, 0.15) is 43.7 Å². The van der Waals surface area contributed by atoms with Crippen molar-refractivity contribution >= 4 is 11.8 Å². The Hall–Kier alpha value is -1.58. The number of carbonyl (C=O) groups is 1. The van der Waals surface area contributed by atoms with Gasteiger partial charge in [0.15, 0.2) is 0 Å². The van der Waals surface area contributed by atoms with Crippen molar-refractivity contribution in [2.24, 2.45) is 5.41 Å². The number of aromatic carboxylic acids is 1. The molecule has 0 saturated carbocycles. The second-order valence-corrected chi connectivity index (χ2v) is 5.76. The maximum atomic E-state index is 10.9.